The number of hydrogen-bond donors (Lipinski definition) is 0. The Balaban J connectivity index is 2.02. The summed E-state index contributed by atoms with van der Waals surface area (Å²) >= 11 is 3.09. The van der Waals surface area contributed by atoms with Gasteiger partial charge in [-0.05, 0) is 46.3 Å². The van der Waals surface area contributed by atoms with Crippen molar-refractivity contribution in [3.8, 4) is 5.75 Å². The van der Waals surface area contributed by atoms with Gasteiger partial charge in [0.2, 0.25) is 0 Å². The Morgan fingerprint density at radius 2 is 2.20 bits per heavy atom. The van der Waals surface area contributed by atoms with Crippen LogP contribution < -0.4 is 4.74 Å². The van der Waals surface area contributed by atoms with E-state index >= 15 is 0 Å². The van der Waals surface area contributed by atoms with Crippen LogP contribution in [0.2, 0.25) is 0 Å². The lowest BCUT2D eigenvalue weighted by atomic mass is 10.3. The molecule has 0 aliphatic carbocycles. The van der Waals surface area contributed by atoms with Crippen LogP contribution in [0, 0.1) is 5.82 Å². The zero-order valence-corrected chi connectivity index (χ0v) is 9.33. The van der Waals surface area contributed by atoms with Crippen molar-refractivity contribution >= 4 is 15.9 Å². The van der Waals surface area contributed by atoms with E-state index in [4.69, 9.17) is 9.15 Å². The summed E-state index contributed by atoms with van der Waals surface area (Å²) in [6, 6.07) is 8.11. The molecule has 1 aromatic carbocycles. The molecule has 0 atom stereocenters. The average molecular weight is 271 g/mol. The number of halogens is 2. The standard InChI is InChI=1S/C11H8BrFO2/c12-10-6-8(3-4-11(10)13)15-7-9-2-1-5-14-9/h1-6H,7H2. The Hall–Kier alpha value is -1.29. The normalized spacial score (nSPS) is 10.3. The van der Waals surface area contributed by atoms with Crippen LogP contribution in [0.15, 0.2) is 45.5 Å². The number of furan rings is 1. The van der Waals surface area contributed by atoms with E-state index in [1.54, 1.807) is 24.5 Å². The van der Waals surface area contributed by atoms with Crippen LogP contribution in [0.3, 0.4) is 0 Å². The largest absolute Gasteiger partial charge is 0.486 e. The smallest absolute Gasteiger partial charge is 0.146 e. The van der Waals surface area contributed by atoms with Gasteiger partial charge in [-0.2, -0.15) is 0 Å². The molecule has 0 spiro atoms. The maximum absolute atomic E-state index is 12.9. The van der Waals surface area contributed by atoms with Gasteiger partial charge in [0.15, 0.2) is 0 Å². The molecule has 0 aliphatic heterocycles. The lowest BCUT2D eigenvalue weighted by Gasteiger charge is -2.04. The van der Waals surface area contributed by atoms with Gasteiger partial charge in [-0.15, -0.1) is 0 Å². The van der Waals surface area contributed by atoms with Crippen LogP contribution >= 0.6 is 15.9 Å². The van der Waals surface area contributed by atoms with Crippen LogP contribution in [-0.2, 0) is 6.61 Å². The summed E-state index contributed by atoms with van der Waals surface area (Å²) < 4.78 is 23.8. The molecular weight excluding hydrogens is 263 g/mol. The molecule has 2 rings (SSSR count). The first-order valence-electron chi connectivity index (χ1n) is 4.36. The Bertz CT molecular complexity index is 440. The van der Waals surface area contributed by atoms with Gasteiger partial charge in [-0.3, -0.25) is 0 Å². The quantitative estimate of drug-likeness (QED) is 0.848. The van der Waals surface area contributed by atoms with Gasteiger partial charge < -0.3 is 9.15 Å². The van der Waals surface area contributed by atoms with Crippen LogP contribution in [0.5, 0.6) is 5.75 Å². The minimum Gasteiger partial charge on any atom is -0.486 e. The summed E-state index contributed by atoms with van der Waals surface area (Å²) in [6.45, 7) is 0.338. The highest BCUT2D eigenvalue weighted by Crippen LogP contribution is 2.22. The van der Waals surface area contributed by atoms with E-state index in [9.17, 15) is 4.39 Å². The van der Waals surface area contributed by atoms with Crippen molar-refractivity contribution in [3.63, 3.8) is 0 Å². The second-order valence-electron chi connectivity index (χ2n) is 2.94. The Morgan fingerprint density at radius 3 is 2.87 bits per heavy atom. The lowest BCUT2D eigenvalue weighted by Crippen LogP contribution is -1.93. The number of rotatable bonds is 3. The van der Waals surface area contributed by atoms with E-state index in [0.717, 1.165) is 5.76 Å². The van der Waals surface area contributed by atoms with Crippen molar-refractivity contribution in [2.75, 3.05) is 0 Å². The molecular formula is C11H8BrFO2. The van der Waals surface area contributed by atoms with E-state index in [0.29, 0.717) is 16.8 Å². The molecule has 2 nitrogen and oxygen atoms in total. The van der Waals surface area contributed by atoms with Crippen molar-refractivity contribution < 1.29 is 13.5 Å². The zero-order chi connectivity index (χ0) is 10.7. The Kier molecular flexibility index (Phi) is 3.06. The van der Waals surface area contributed by atoms with Crippen LogP contribution in [0.25, 0.3) is 0 Å². The highest BCUT2D eigenvalue weighted by molar-refractivity contribution is 9.10. The number of ether oxygens (including phenoxy) is 1. The van der Waals surface area contributed by atoms with Crippen molar-refractivity contribution in [1.29, 1.82) is 0 Å². The van der Waals surface area contributed by atoms with Gasteiger partial charge in [0.05, 0.1) is 10.7 Å². The summed E-state index contributed by atoms with van der Waals surface area (Å²) in [5.41, 5.74) is 0. The molecule has 0 aliphatic rings. The predicted molar refractivity (Wildman–Crippen MR) is 57.1 cm³/mol. The Morgan fingerprint density at radius 1 is 1.33 bits per heavy atom. The van der Waals surface area contributed by atoms with Gasteiger partial charge in [0, 0.05) is 0 Å². The number of hydrogen-bond acceptors (Lipinski definition) is 2. The molecule has 0 amide bonds. The molecule has 0 fully saturated rings. The van der Waals surface area contributed by atoms with E-state index in [-0.39, 0.29) is 5.82 Å². The molecule has 0 saturated carbocycles. The van der Waals surface area contributed by atoms with Crippen molar-refractivity contribution in [1.82, 2.24) is 0 Å². The molecule has 2 aromatic rings. The topological polar surface area (TPSA) is 22.4 Å². The van der Waals surface area contributed by atoms with Crippen molar-refractivity contribution in [2.45, 2.75) is 6.61 Å². The monoisotopic (exact) mass is 270 g/mol. The lowest BCUT2D eigenvalue weighted by molar-refractivity contribution is 0.270. The minimum absolute atomic E-state index is 0.305. The first-order valence-corrected chi connectivity index (χ1v) is 5.15. The molecule has 0 radical (unpaired) electrons. The molecule has 1 aromatic heterocycles. The predicted octanol–water partition coefficient (Wildman–Crippen LogP) is 3.76. The second-order valence-corrected chi connectivity index (χ2v) is 3.80. The molecule has 0 saturated heterocycles. The minimum atomic E-state index is -0.305. The van der Waals surface area contributed by atoms with Crippen molar-refractivity contribution in [2.24, 2.45) is 0 Å². The summed E-state index contributed by atoms with van der Waals surface area (Å²) in [7, 11) is 0. The fourth-order valence-electron chi connectivity index (χ4n) is 1.12. The van der Waals surface area contributed by atoms with E-state index < -0.39 is 0 Å². The fourth-order valence-corrected chi connectivity index (χ4v) is 1.47. The SMILES string of the molecule is Fc1ccc(OCc2ccco2)cc1Br. The third kappa shape index (κ3) is 2.59. The van der Waals surface area contributed by atoms with Gasteiger partial charge >= 0.3 is 0 Å². The zero-order valence-electron chi connectivity index (χ0n) is 7.74. The van der Waals surface area contributed by atoms with E-state index in [1.165, 1.54) is 6.07 Å². The molecule has 4 heteroatoms. The van der Waals surface area contributed by atoms with Gasteiger partial charge in [0.1, 0.15) is 23.9 Å². The maximum atomic E-state index is 12.9. The summed E-state index contributed by atoms with van der Waals surface area (Å²) in [5.74, 6) is 1.02. The first-order chi connectivity index (χ1) is 7.25. The third-order valence-electron chi connectivity index (χ3n) is 1.85. The summed E-state index contributed by atoms with van der Waals surface area (Å²) in [4.78, 5) is 0. The maximum Gasteiger partial charge on any atom is 0.146 e. The van der Waals surface area contributed by atoms with Crippen LogP contribution in [-0.4, -0.2) is 0 Å². The highest BCUT2D eigenvalue weighted by Gasteiger charge is 2.02. The molecule has 15 heavy (non-hydrogen) atoms. The fraction of sp³-hybridized carbons (Fsp3) is 0.0909. The van der Waals surface area contributed by atoms with Crippen LogP contribution in [0.1, 0.15) is 5.76 Å². The van der Waals surface area contributed by atoms with Gasteiger partial charge in [-0.25, -0.2) is 4.39 Å². The third-order valence-corrected chi connectivity index (χ3v) is 2.46. The number of benzene rings is 1. The molecule has 0 unspecified atom stereocenters. The summed E-state index contributed by atoms with van der Waals surface area (Å²) in [5, 5.41) is 0. The van der Waals surface area contributed by atoms with Crippen molar-refractivity contribution in [3.05, 3.63) is 52.6 Å². The molecule has 0 N–H and O–H groups in total. The highest BCUT2D eigenvalue weighted by atomic mass is 79.9. The van der Waals surface area contributed by atoms with E-state index in [1.807, 2.05) is 6.07 Å². The van der Waals surface area contributed by atoms with Gasteiger partial charge in [0.25, 0.3) is 0 Å². The average Bonchev–Trinajstić information content (AvgIpc) is 2.73. The molecule has 1 heterocycles. The van der Waals surface area contributed by atoms with Crippen LogP contribution in [0.4, 0.5) is 4.39 Å². The summed E-state index contributed by atoms with van der Waals surface area (Å²) in [6.07, 6.45) is 1.58. The van der Waals surface area contributed by atoms with Gasteiger partial charge in [-0.1, -0.05) is 0 Å². The second kappa shape index (κ2) is 4.49. The first kappa shape index (κ1) is 10.2. The molecule has 78 valence electrons. The molecule has 0 bridgehead atoms. The van der Waals surface area contributed by atoms with E-state index in [2.05, 4.69) is 15.9 Å². The Labute approximate surface area is 94.8 Å².